The molecular weight excluding hydrogens is 476 g/mol. The molecule has 1 saturated carbocycles. The molecule has 0 spiro atoms. The highest BCUT2D eigenvalue weighted by atomic mass is 16.5. The van der Waals surface area contributed by atoms with Gasteiger partial charge in [0.05, 0.1) is 30.9 Å². The van der Waals surface area contributed by atoms with E-state index in [1.807, 2.05) is 12.1 Å². The van der Waals surface area contributed by atoms with Crippen molar-refractivity contribution in [1.82, 2.24) is 0 Å². The molecule has 1 aliphatic carbocycles. The van der Waals surface area contributed by atoms with E-state index in [-0.39, 0.29) is 36.4 Å². The Kier molecular flexibility index (Phi) is 8.71. The van der Waals surface area contributed by atoms with Gasteiger partial charge in [-0.2, -0.15) is 0 Å². The van der Waals surface area contributed by atoms with Crippen molar-refractivity contribution in [2.75, 3.05) is 19.0 Å². The lowest BCUT2D eigenvalue weighted by atomic mass is 9.75. The Labute approximate surface area is 227 Å². The van der Waals surface area contributed by atoms with E-state index < -0.39 is 0 Å². The summed E-state index contributed by atoms with van der Waals surface area (Å²) >= 11 is 0. The lowest BCUT2D eigenvalue weighted by Gasteiger charge is -2.37. The van der Waals surface area contributed by atoms with Gasteiger partial charge in [0, 0.05) is 16.8 Å². The van der Waals surface area contributed by atoms with Crippen molar-refractivity contribution in [1.29, 1.82) is 0 Å². The van der Waals surface area contributed by atoms with Crippen LogP contribution in [0.15, 0.2) is 47.5 Å². The van der Waals surface area contributed by atoms with Crippen LogP contribution >= 0.6 is 0 Å². The maximum Gasteiger partial charge on any atom is 0.250 e. The van der Waals surface area contributed by atoms with Gasteiger partial charge in [0.15, 0.2) is 5.78 Å². The van der Waals surface area contributed by atoms with E-state index in [0.717, 1.165) is 36.3 Å². The van der Waals surface area contributed by atoms with E-state index in [1.54, 1.807) is 31.4 Å². The molecule has 0 saturated heterocycles. The van der Waals surface area contributed by atoms with E-state index in [1.165, 1.54) is 12.0 Å². The lowest BCUT2D eigenvalue weighted by molar-refractivity contribution is -0.126. The van der Waals surface area contributed by atoms with Crippen LogP contribution in [0.1, 0.15) is 81.8 Å². The van der Waals surface area contributed by atoms with Crippen molar-refractivity contribution >= 4 is 23.1 Å². The van der Waals surface area contributed by atoms with Gasteiger partial charge in [-0.25, -0.2) is 0 Å². The van der Waals surface area contributed by atoms with E-state index >= 15 is 0 Å². The summed E-state index contributed by atoms with van der Waals surface area (Å²) in [6.07, 6.45) is 4.47. The van der Waals surface area contributed by atoms with Crippen LogP contribution in [-0.2, 0) is 16.0 Å². The Morgan fingerprint density at radius 2 is 1.92 bits per heavy atom. The van der Waals surface area contributed by atoms with E-state index in [0.29, 0.717) is 29.0 Å². The summed E-state index contributed by atoms with van der Waals surface area (Å²) in [5.41, 5.74) is 3.76. The van der Waals surface area contributed by atoms with Crippen molar-refractivity contribution in [2.45, 2.75) is 78.4 Å². The number of nitrogens with one attached hydrogen (secondary N) is 1. The van der Waals surface area contributed by atoms with Crippen molar-refractivity contribution in [3.8, 4) is 5.75 Å². The SMILES string of the molecule is COc1ccc2c(c1)C(CC(=O)c1cccc(NC(=O)CO[C@@H]3C[C@H](C)CC[C@H]3C(C)C)c1)=NC(C)(C)C2. The van der Waals surface area contributed by atoms with Crippen molar-refractivity contribution in [2.24, 2.45) is 22.7 Å². The van der Waals surface area contributed by atoms with Crippen molar-refractivity contribution in [3.05, 3.63) is 59.2 Å². The molecule has 2 aliphatic rings. The normalized spacial score (nSPS) is 22.4. The molecule has 38 heavy (non-hydrogen) atoms. The number of hydrogen-bond acceptors (Lipinski definition) is 5. The third-order valence-corrected chi connectivity index (χ3v) is 7.87. The molecule has 1 fully saturated rings. The standard InChI is InChI=1S/C32H42N2O4/c1-20(2)26-13-10-21(3)14-30(26)38-19-31(36)33-24-9-7-8-22(15-24)29(35)17-28-27-16-25(37-6)12-11-23(27)18-32(4,5)34-28/h7-9,11-12,15-16,20-21,26,30H,10,13-14,17-19H2,1-6H3,(H,33,36)/t21-,26+,30-/m1/s1. The largest absolute Gasteiger partial charge is 0.497 e. The molecule has 1 N–H and O–H groups in total. The summed E-state index contributed by atoms with van der Waals surface area (Å²) in [5, 5.41) is 2.92. The van der Waals surface area contributed by atoms with Crippen LogP contribution in [0.2, 0.25) is 0 Å². The van der Waals surface area contributed by atoms with Gasteiger partial charge in [-0.05, 0) is 80.7 Å². The first-order chi connectivity index (χ1) is 18.0. The fraction of sp³-hybridized carbons (Fsp3) is 0.531. The molecule has 4 rings (SSSR count). The van der Waals surface area contributed by atoms with Crippen LogP contribution in [0.5, 0.6) is 5.75 Å². The molecule has 1 heterocycles. The number of benzene rings is 2. The van der Waals surface area contributed by atoms with Gasteiger partial charge in [0.25, 0.3) is 0 Å². The number of carbonyl (C=O) groups excluding carboxylic acids is 2. The monoisotopic (exact) mass is 518 g/mol. The molecule has 0 unspecified atom stereocenters. The Morgan fingerprint density at radius 3 is 2.66 bits per heavy atom. The van der Waals surface area contributed by atoms with Crippen molar-refractivity contribution in [3.63, 3.8) is 0 Å². The number of aliphatic imine (C=N–C) groups is 1. The zero-order chi connectivity index (χ0) is 27.4. The smallest absolute Gasteiger partial charge is 0.250 e. The van der Waals surface area contributed by atoms with Gasteiger partial charge >= 0.3 is 0 Å². The zero-order valence-corrected chi connectivity index (χ0v) is 23.7. The van der Waals surface area contributed by atoms with Crippen LogP contribution in [0.4, 0.5) is 5.69 Å². The number of rotatable bonds is 9. The number of amides is 1. The maximum absolute atomic E-state index is 13.3. The molecule has 0 aromatic heterocycles. The molecule has 2 aromatic carbocycles. The first kappa shape index (κ1) is 28.0. The highest BCUT2D eigenvalue weighted by Crippen LogP contribution is 2.35. The Bertz CT molecular complexity index is 1200. The summed E-state index contributed by atoms with van der Waals surface area (Å²) in [7, 11) is 1.64. The number of ketones is 1. The number of hydrogen-bond donors (Lipinski definition) is 1. The molecule has 6 nitrogen and oxygen atoms in total. The van der Waals surface area contributed by atoms with Crippen LogP contribution < -0.4 is 10.1 Å². The number of nitrogens with zero attached hydrogens (tertiary/aromatic N) is 1. The number of methoxy groups -OCH3 is 1. The van der Waals surface area contributed by atoms with Gasteiger partial charge in [0.1, 0.15) is 12.4 Å². The van der Waals surface area contributed by atoms with Crippen molar-refractivity contribution < 1.29 is 19.1 Å². The number of Topliss-reactive ketones (excluding diaryl/α,β-unsaturated/α-hetero) is 1. The maximum atomic E-state index is 13.3. The predicted molar refractivity (Wildman–Crippen MR) is 152 cm³/mol. The molecule has 0 radical (unpaired) electrons. The summed E-state index contributed by atoms with van der Waals surface area (Å²) in [6.45, 7) is 10.9. The fourth-order valence-corrected chi connectivity index (χ4v) is 5.88. The number of carbonyl (C=O) groups is 2. The number of ether oxygens (including phenoxy) is 2. The van der Waals surface area contributed by atoms with Gasteiger partial charge in [-0.15, -0.1) is 0 Å². The zero-order valence-electron chi connectivity index (χ0n) is 23.7. The van der Waals surface area contributed by atoms with Crippen LogP contribution in [0.25, 0.3) is 0 Å². The third kappa shape index (κ3) is 6.90. The highest BCUT2D eigenvalue weighted by molar-refractivity contribution is 6.17. The molecule has 6 heteroatoms. The first-order valence-electron chi connectivity index (χ1n) is 13.9. The molecule has 1 amide bonds. The minimum absolute atomic E-state index is 0.0171. The molecule has 1 aliphatic heterocycles. The van der Waals surface area contributed by atoms with Crippen LogP contribution in [0.3, 0.4) is 0 Å². The Balaban J connectivity index is 1.41. The van der Waals surface area contributed by atoms with Gasteiger partial charge < -0.3 is 14.8 Å². The summed E-state index contributed by atoms with van der Waals surface area (Å²) in [5.74, 6) is 2.14. The summed E-state index contributed by atoms with van der Waals surface area (Å²) in [6, 6.07) is 13.1. The van der Waals surface area contributed by atoms with E-state index in [4.69, 9.17) is 14.5 Å². The van der Waals surface area contributed by atoms with E-state index in [2.05, 4.69) is 46.0 Å². The second kappa shape index (κ2) is 11.8. The van der Waals surface area contributed by atoms with Gasteiger partial charge in [-0.3, -0.25) is 14.6 Å². The van der Waals surface area contributed by atoms with Crippen LogP contribution in [0, 0.1) is 17.8 Å². The second-order valence-electron chi connectivity index (χ2n) is 12.0. The number of anilines is 1. The highest BCUT2D eigenvalue weighted by Gasteiger charge is 2.32. The van der Waals surface area contributed by atoms with Gasteiger partial charge in [0.2, 0.25) is 5.91 Å². The molecule has 0 bridgehead atoms. The quantitative estimate of drug-likeness (QED) is 0.384. The van der Waals surface area contributed by atoms with Crippen LogP contribution in [-0.4, -0.2) is 42.8 Å². The molecule has 3 atom stereocenters. The molecule has 204 valence electrons. The minimum Gasteiger partial charge on any atom is -0.497 e. The average molecular weight is 519 g/mol. The molecular formula is C32H42N2O4. The summed E-state index contributed by atoms with van der Waals surface area (Å²) < 4.78 is 11.5. The minimum atomic E-state index is -0.280. The third-order valence-electron chi connectivity index (χ3n) is 7.87. The Hall–Kier alpha value is -2.99. The Morgan fingerprint density at radius 1 is 1.13 bits per heavy atom. The average Bonchev–Trinajstić information content (AvgIpc) is 2.86. The number of fused-ring (bicyclic) bond motifs is 1. The second-order valence-corrected chi connectivity index (χ2v) is 12.0. The summed E-state index contributed by atoms with van der Waals surface area (Å²) in [4.78, 5) is 31.0. The molecule has 2 aromatic rings. The first-order valence-corrected chi connectivity index (χ1v) is 13.9. The lowest BCUT2D eigenvalue weighted by Crippen LogP contribution is -2.36. The topological polar surface area (TPSA) is 77.0 Å². The van der Waals surface area contributed by atoms with E-state index in [9.17, 15) is 9.59 Å². The fourth-order valence-electron chi connectivity index (χ4n) is 5.88. The predicted octanol–water partition coefficient (Wildman–Crippen LogP) is 6.51. The van der Waals surface area contributed by atoms with Gasteiger partial charge in [-0.1, -0.05) is 45.4 Å².